The standard InChI is InChI=1S/C19H23F3N2O/c20-19(21,22)15-1-3-16(4-2-15)24-17(25)11-23-18-8-12-5-13(9-18)7-14(6-12)10-18/h1-4,12-14,23H,5-11H2,(H,24,25). The van der Waals surface area contributed by atoms with Crippen molar-refractivity contribution < 1.29 is 18.0 Å². The molecule has 1 aromatic carbocycles. The summed E-state index contributed by atoms with van der Waals surface area (Å²) in [7, 11) is 0. The second kappa shape index (κ2) is 6.01. The Labute approximate surface area is 145 Å². The Balaban J connectivity index is 1.32. The van der Waals surface area contributed by atoms with E-state index in [0.717, 1.165) is 49.1 Å². The first-order chi connectivity index (χ1) is 11.8. The van der Waals surface area contributed by atoms with E-state index in [4.69, 9.17) is 0 Å². The highest BCUT2D eigenvalue weighted by atomic mass is 19.4. The lowest BCUT2D eigenvalue weighted by Gasteiger charge is -2.57. The van der Waals surface area contributed by atoms with Gasteiger partial charge in [-0.05, 0) is 80.5 Å². The van der Waals surface area contributed by atoms with Gasteiger partial charge in [0.05, 0.1) is 12.1 Å². The van der Waals surface area contributed by atoms with Crippen LogP contribution in [0.3, 0.4) is 0 Å². The molecule has 0 heterocycles. The summed E-state index contributed by atoms with van der Waals surface area (Å²) in [5, 5.41) is 6.18. The number of anilines is 1. The first-order valence-corrected chi connectivity index (χ1v) is 9.03. The lowest BCUT2D eigenvalue weighted by atomic mass is 9.53. The van der Waals surface area contributed by atoms with Crippen molar-refractivity contribution in [3.63, 3.8) is 0 Å². The Morgan fingerprint density at radius 1 is 1.00 bits per heavy atom. The maximum atomic E-state index is 12.6. The van der Waals surface area contributed by atoms with Crippen molar-refractivity contribution >= 4 is 11.6 Å². The minimum absolute atomic E-state index is 0.103. The van der Waals surface area contributed by atoms with Crippen molar-refractivity contribution in [2.24, 2.45) is 17.8 Å². The van der Waals surface area contributed by atoms with Crippen LogP contribution in [-0.2, 0) is 11.0 Å². The van der Waals surface area contributed by atoms with Gasteiger partial charge >= 0.3 is 6.18 Å². The van der Waals surface area contributed by atoms with Gasteiger partial charge in [-0.2, -0.15) is 13.2 Å². The molecule has 4 aliphatic rings. The van der Waals surface area contributed by atoms with Crippen LogP contribution in [0.1, 0.15) is 44.1 Å². The number of halogens is 3. The summed E-state index contributed by atoms with van der Waals surface area (Å²) < 4.78 is 37.7. The van der Waals surface area contributed by atoms with Crippen LogP contribution in [0.4, 0.5) is 18.9 Å². The van der Waals surface area contributed by atoms with Crippen LogP contribution in [0.5, 0.6) is 0 Å². The van der Waals surface area contributed by atoms with E-state index in [9.17, 15) is 18.0 Å². The van der Waals surface area contributed by atoms with Crippen molar-refractivity contribution in [2.45, 2.75) is 50.2 Å². The molecule has 5 rings (SSSR count). The molecule has 25 heavy (non-hydrogen) atoms. The SMILES string of the molecule is O=C(CNC12CC3CC(CC(C3)C1)C2)Nc1ccc(C(F)(F)F)cc1. The fourth-order valence-corrected chi connectivity index (χ4v) is 5.54. The zero-order valence-corrected chi connectivity index (χ0v) is 14.0. The maximum absolute atomic E-state index is 12.6. The van der Waals surface area contributed by atoms with Crippen LogP contribution < -0.4 is 10.6 Å². The van der Waals surface area contributed by atoms with Gasteiger partial charge in [-0.25, -0.2) is 0 Å². The zero-order chi connectivity index (χ0) is 17.7. The van der Waals surface area contributed by atoms with E-state index in [1.807, 2.05) is 0 Å². The van der Waals surface area contributed by atoms with Crippen molar-refractivity contribution in [1.82, 2.24) is 5.32 Å². The van der Waals surface area contributed by atoms with Gasteiger partial charge in [0.15, 0.2) is 0 Å². The summed E-state index contributed by atoms with van der Waals surface area (Å²) in [5.41, 5.74) is -0.214. The van der Waals surface area contributed by atoms with Crippen LogP contribution in [0.15, 0.2) is 24.3 Å². The largest absolute Gasteiger partial charge is 0.416 e. The van der Waals surface area contributed by atoms with Gasteiger partial charge in [-0.3, -0.25) is 4.79 Å². The van der Waals surface area contributed by atoms with E-state index in [2.05, 4.69) is 10.6 Å². The highest BCUT2D eigenvalue weighted by Gasteiger charge is 2.50. The molecule has 1 aromatic rings. The molecule has 0 atom stereocenters. The quantitative estimate of drug-likeness (QED) is 0.853. The van der Waals surface area contributed by atoms with E-state index in [1.54, 1.807) is 0 Å². The molecule has 4 saturated carbocycles. The minimum Gasteiger partial charge on any atom is -0.325 e. The molecule has 1 amide bonds. The summed E-state index contributed by atoms with van der Waals surface area (Å²) in [6, 6.07) is 4.57. The molecule has 136 valence electrons. The maximum Gasteiger partial charge on any atom is 0.416 e. The molecular weight excluding hydrogens is 329 g/mol. The molecule has 0 aromatic heterocycles. The van der Waals surface area contributed by atoms with Gasteiger partial charge in [0, 0.05) is 11.2 Å². The molecule has 4 bridgehead atoms. The summed E-state index contributed by atoms with van der Waals surface area (Å²) >= 11 is 0. The number of nitrogens with one attached hydrogen (secondary N) is 2. The predicted octanol–water partition coefficient (Wildman–Crippen LogP) is 4.20. The highest BCUT2D eigenvalue weighted by Crippen LogP contribution is 2.55. The molecule has 4 fully saturated rings. The molecule has 4 aliphatic carbocycles. The molecule has 0 spiro atoms. The summed E-state index contributed by atoms with van der Waals surface area (Å²) in [4.78, 5) is 12.2. The van der Waals surface area contributed by atoms with Gasteiger partial charge in [0.25, 0.3) is 0 Å². The molecule has 2 N–H and O–H groups in total. The average Bonchev–Trinajstić information content (AvgIpc) is 2.51. The third-order valence-electron chi connectivity index (χ3n) is 6.16. The fourth-order valence-electron chi connectivity index (χ4n) is 5.54. The number of alkyl halides is 3. The van der Waals surface area contributed by atoms with Crippen LogP contribution in [-0.4, -0.2) is 18.0 Å². The first-order valence-electron chi connectivity index (χ1n) is 9.03. The van der Waals surface area contributed by atoms with Crippen molar-refractivity contribution in [1.29, 1.82) is 0 Å². The van der Waals surface area contributed by atoms with E-state index in [1.165, 1.54) is 31.4 Å². The Morgan fingerprint density at radius 3 is 2.00 bits per heavy atom. The molecule has 0 unspecified atom stereocenters. The van der Waals surface area contributed by atoms with E-state index < -0.39 is 11.7 Å². The molecule has 3 nitrogen and oxygen atoms in total. The third-order valence-corrected chi connectivity index (χ3v) is 6.16. The van der Waals surface area contributed by atoms with Crippen molar-refractivity contribution in [3.8, 4) is 0 Å². The van der Waals surface area contributed by atoms with Gasteiger partial charge < -0.3 is 10.6 Å². The molecule has 0 aliphatic heterocycles. The number of carbonyl (C=O) groups is 1. The second-order valence-corrected chi connectivity index (χ2v) is 8.17. The van der Waals surface area contributed by atoms with Crippen molar-refractivity contribution in [3.05, 3.63) is 29.8 Å². The first kappa shape index (κ1) is 16.9. The van der Waals surface area contributed by atoms with Crippen LogP contribution in [0.2, 0.25) is 0 Å². The number of hydrogen-bond donors (Lipinski definition) is 2. The number of amides is 1. The lowest BCUT2D eigenvalue weighted by molar-refractivity contribution is -0.137. The van der Waals surface area contributed by atoms with Gasteiger partial charge in [0.1, 0.15) is 0 Å². The Kier molecular flexibility index (Phi) is 4.06. The number of hydrogen-bond acceptors (Lipinski definition) is 2. The monoisotopic (exact) mass is 352 g/mol. The van der Waals surface area contributed by atoms with Gasteiger partial charge in [-0.15, -0.1) is 0 Å². The molecule has 0 radical (unpaired) electrons. The average molecular weight is 352 g/mol. The molecule has 0 saturated heterocycles. The summed E-state index contributed by atoms with van der Waals surface area (Å²) in [5.74, 6) is 2.21. The van der Waals surface area contributed by atoms with Gasteiger partial charge in [-0.1, -0.05) is 0 Å². The van der Waals surface area contributed by atoms with E-state index in [0.29, 0.717) is 5.69 Å². The smallest absolute Gasteiger partial charge is 0.325 e. The summed E-state index contributed by atoms with van der Waals surface area (Å²) in [6.07, 6.45) is 3.16. The lowest BCUT2D eigenvalue weighted by Crippen LogP contribution is -2.59. The highest BCUT2D eigenvalue weighted by molar-refractivity contribution is 5.92. The van der Waals surface area contributed by atoms with Crippen LogP contribution >= 0.6 is 0 Å². The van der Waals surface area contributed by atoms with Crippen molar-refractivity contribution in [2.75, 3.05) is 11.9 Å². The minimum atomic E-state index is -4.36. The predicted molar refractivity (Wildman–Crippen MR) is 89.0 cm³/mol. The van der Waals surface area contributed by atoms with E-state index in [-0.39, 0.29) is 18.0 Å². The van der Waals surface area contributed by atoms with Gasteiger partial charge in [0.2, 0.25) is 5.91 Å². The Bertz CT molecular complexity index is 618. The Hall–Kier alpha value is -1.56. The number of rotatable bonds is 4. The normalized spacial score (nSPS) is 33.5. The molecular formula is C19H23F3N2O. The van der Waals surface area contributed by atoms with E-state index >= 15 is 0 Å². The van der Waals surface area contributed by atoms with Crippen LogP contribution in [0, 0.1) is 17.8 Å². The third kappa shape index (κ3) is 3.54. The van der Waals surface area contributed by atoms with Crippen LogP contribution in [0.25, 0.3) is 0 Å². The second-order valence-electron chi connectivity index (χ2n) is 8.17. The Morgan fingerprint density at radius 2 is 1.52 bits per heavy atom. The summed E-state index contributed by atoms with van der Waals surface area (Å²) in [6.45, 7) is 0.215. The zero-order valence-electron chi connectivity index (χ0n) is 14.0. The number of benzene rings is 1. The topological polar surface area (TPSA) is 41.1 Å². The fraction of sp³-hybridized carbons (Fsp3) is 0.632. The number of carbonyl (C=O) groups excluding carboxylic acids is 1. The molecule has 6 heteroatoms.